The van der Waals surface area contributed by atoms with Crippen LogP contribution in [0.15, 0.2) is 65.6 Å². The number of sulfonamides is 1. The van der Waals surface area contributed by atoms with Gasteiger partial charge in [0.15, 0.2) is 0 Å². The summed E-state index contributed by atoms with van der Waals surface area (Å²) in [5.41, 5.74) is 1.36. The summed E-state index contributed by atoms with van der Waals surface area (Å²) in [4.78, 5) is 12.3. The molecule has 1 aliphatic heterocycles. The van der Waals surface area contributed by atoms with Gasteiger partial charge in [0.1, 0.15) is 6.61 Å². The average molecular weight is 385 g/mol. The van der Waals surface area contributed by atoms with Crippen molar-refractivity contribution in [3.8, 4) is 0 Å². The summed E-state index contributed by atoms with van der Waals surface area (Å²) in [5, 5.41) is 0. The fraction of sp³-hybridized carbons (Fsp3) is 0.286. The second-order valence-electron chi connectivity index (χ2n) is 6.40. The van der Waals surface area contributed by atoms with Crippen molar-refractivity contribution in [3.05, 3.63) is 71.8 Å². The molecule has 0 N–H and O–H groups in total. The van der Waals surface area contributed by atoms with Gasteiger partial charge in [-0.3, -0.25) is 0 Å². The molecule has 1 heterocycles. The van der Waals surface area contributed by atoms with Gasteiger partial charge in [-0.25, -0.2) is 13.2 Å². The molecule has 0 unspecified atom stereocenters. The van der Waals surface area contributed by atoms with Crippen LogP contribution in [-0.4, -0.2) is 38.4 Å². The topological polar surface area (TPSA) is 63.7 Å². The second kappa shape index (κ2) is 8.97. The number of nitrogens with zero attached hydrogens (tertiary/aromatic N) is 1. The molecule has 27 heavy (non-hydrogen) atoms. The third-order valence-corrected chi connectivity index (χ3v) is 6.38. The standard InChI is InChI=1S/C21H23NO4S/c23-21(26-17-7-10-18-8-3-1-4-9-18)19-11-13-20(14-12-19)27(24,25)22-15-5-2-6-16-22/h1,3-4,7-14H,2,5-6,15-17H2/b10-7+. The summed E-state index contributed by atoms with van der Waals surface area (Å²) in [7, 11) is -3.49. The molecular weight excluding hydrogens is 362 g/mol. The number of benzene rings is 2. The fourth-order valence-corrected chi connectivity index (χ4v) is 4.49. The van der Waals surface area contributed by atoms with Crippen LogP contribution in [0.3, 0.4) is 0 Å². The summed E-state index contributed by atoms with van der Waals surface area (Å²) in [5.74, 6) is -0.477. The Hall–Kier alpha value is -2.44. The molecule has 142 valence electrons. The Kier molecular flexibility index (Phi) is 6.42. The van der Waals surface area contributed by atoms with Crippen LogP contribution in [-0.2, 0) is 14.8 Å². The summed E-state index contributed by atoms with van der Waals surface area (Å²) >= 11 is 0. The van der Waals surface area contributed by atoms with Crippen LogP contribution in [0.5, 0.6) is 0 Å². The SMILES string of the molecule is O=C(OC/C=C/c1ccccc1)c1ccc(S(=O)(=O)N2CCCCC2)cc1. The van der Waals surface area contributed by atoms with E-state index in [1.165, 1.54) is 28.6 Å². The van der Waals surface area contributed by atoms with Crippen LogP contribution >= 0.6 is 0 Å². The van der Waals surface area contributed by atoms with Gasteiger partial charge in [-0.05, 0) is 48.7 Å². The second-order valence-corrected chi connectivity index (χ2v) is 8.34. The molecule has 0 amide bonds. The van der Waals surface area contributed by atoms with Crippen molar-refractivity contribution in [1.29, 1.82) is 0 Å². The van der Waals surface area contributed by atoms with Gasteiger partial charge in [0.25, 0.3) is 0 Å². The van der Waals surface area contributed by atoms with Gasteiger partial charge >= 0.3 is 5.97 Å². The zero-order chi connectivity index (χ0) is 19.1. The lowest BCUT2D eigenvalue weighted by Crippen LogP contribution is -2.35. The van der Waals surface area contributed by atoms with Crippen molar-refractivity contribution in [3.63, 3.8) is 0 Å². The number of hydrogen-bond acceptors (Lipinski definition) is 4. The first-order chi connectivity index (χ1) is 13.1. The van der Waals surface area contributed by atoms with E-state index in [0.29, 0.717) is 18.7 Å². The first kappa shape index (κ1) is 19.3. The van der Waals surface area contributed by atoms with Crippen molar-refractivity contribution in [1.82, 2.24) is 4.31 Å². The minimum atomic E-state index is -3.49. The number of piperidine rings is 1. The molecule has 1 fully saturated rings. The third kappa shape index (κ3) is 5.05. The summed E-state index contributed by atoms with van der Waals surface area (Å²) < 4.78 is 31.9. The smallest absolute Gasteiger partial charge is 0.338 e. The van der Waals surface area contributed by atoms with E-state index in [2.05, 4.69) is 0 Å². The molecular formula is C21H23NO4S. The highest BCUT2D eigenvalue weighted by Crippen LogP contribution is 2.21. The van der Waals surface area contributed by atoms with E-state index in [1.807, 2.05) is 36.4 Å². The van der Waals surface area contributed by atoms with E-state index in [1.54, 1.807) is 6.08 Å². The maximum atomic E-state index is 12.6. The molecule has 1 aliphatic rings. The van der Waals surface area contributed by atoms with Crippen molar-refractivity contribution < 1.29 is 17.9 Å². The minimum absolute atomic E-state index is 0.154. The number of hydrogen-bond donors (Lipinski definition) is 0. The molecule has 1 saturated heterocycles. The van der Waals surface area contributed by atoms with Gasteiger partial charge in [0.05, 0.1) is 10.5 Å². The van der Waals surface area contributed by atoms with Crippen LogP contribution in [0.1, 0.15) is 35.2 Å². The predicted octanol–water partition coefficient (Wildman–Crippen LogP) is 3.73. The van der Waals surface area contributed by atoms with Crippen LogP contribution < -0.4 is 0 Å². The van der Waals surface area contributed by atoms with Crippen LogP contribution in [0.4, 0.5) is 0 Å². The molecule has 0 atom stereocenters. The van der Waals surface area contributed by atoms with Gasteiger partial charge < -0.3 is 4.74 Å². The van der Waals surface area contributed by atoms with E-state index in [0.717, 1.165) is 24.8 Å². The van der Waals surface area contributed by atoms with Crippen molar-refractivity contribution >= 4 is 22.1 Å². The average Bonchev–Trinajstić information content (AvgIpc) is 2.72. The van der Waals surface area contributed by atoms with Crippen molar-refractivity contribution in [2.45, 2.75) is 24.2 Å². The Balaban J connectivity index is 1.58. The predicted molar refractivity (Wildman–Crippen MR) is 105 cm³/mol. The summed E-state index contributed by atoms with van der Waals surface area (Å²) in [6.45, 7) is 1.27. The molecule has 2 aromatic carbocycles. The molecule has 0 bridgehead atoms. The van der Waals surface area contributed by atoms with E-state index >= 15 is 0 Å². The van der Waals surface area contributed by atoms with Gasteiger partial charge in [-0.1, -0.05) is 42.8 Å². The zero-order valence-electron chi connectivity index (χ0n) is 15.1. The van der Waals surface area contributed by atoms with E-state index in [4.69, 9.17) is 4.74 Å². The Morgan fingerprint density at radius 1 is 0.963 bits per heavy atom. The van der Waals surface area contributed by atoms with E-state index in [9.17, 15) is 13.2 Å². The Bertz CT molecular complexity index is 884. The minimum Gasteiger partial charge on any atom is -0.458 e. The molecule has 0 radical (unpaired) electrons. The molecule has 5 nitrogen and oxygen atoms in total. The Morgan fingerprint density at radius 2 is 1.63 bits per heavy atom. The summed E-state index contributed by atoms with van der Waals surface area (Å²) in [6, 6.07) is 15.7. The highest BCUT2D eigenvalue weighted by atomic mass is 32.2. The third-order valence-electron chi connectivity index (χ3n) is 4.46. The molecule has 6 heteroatoms. The molecule has 0 aliphatic carbocycles. The van der Waals surface area contributed by atoms with E-state index < -0.39 is 16.0 Å². The number of carbonyl (C=O) groups is 1. The maximum Gasteiger partial charge on any atom is 0.338 e. The van der Waals surface area contributed by atoms with Gasteiger partial charge in [0.2, 0.25) is 10.0 Å². The first-order valence-corrected chi connectivity index (χ1v) is 10.5. The number of ether oxygens (including phenoxy) is 1. The monoisotopic (exact) mass is 385 g/mol. The lowest BCUT2D eigenvalue weighted by atomic mass is 10.2. The zero-order valence-corrected chi connectivity index (χ0v) is 15.9. The van der Waals surface area contributed by atoms with E-state index in [-0.39, 0.29) is 11.5 Å². The van der Waals surface area contributed by atoms with Crippen LogP contribution in [0, 0.1) is 0 Å². The van der Waals surface area contributed by atoms with Crippen LogP contribution in [0.25, 0.3) is 6.08 Å². The molecule has 0 aromatic heterocycles. The Morgan fingerprint density at radius 3 is 2.30 bits per heavy atom. The summed E-state index contributed by atoms with van der Waals surface area (Å²) in [6.07, 6.45) is 6.49. The van der Waals surface area contributed by atoms with Crippen LogP contribution in [0.2, 0.25) is 0 Å². The molecule has 0 spiro atoms. The Labute approximate surface area is 160 Å². The van der Waals surface area contributed by atoms with Crippen molar-refractivity contribution in [2.75, 3.05) is 19.7 Å². The van der Waals surface area contributed by atoms with Gasteiger partial charge in [-0.15, -0.1) is 0 Å². The quantitative estimate of drug-likeness (QED) is 0.711. The molecule has 3 rings (SSSR count). The largest absolute Gasteiger partial charge is 0.458 e. The number of rotatable bonds is 6. The van der Waals surface area contributed by atoms with Gasteiger partial charge in [0, 0.05) is 13.1 Å². The first-order valence-electron chi connectivity index (χ1n) is 9.06. The van der Waals surface area contributed by atoms with Crippen molar-refractivity contribution in [2.24, 2.45) is 0 Å². The lowest BCUT2D eigenvalue weighted by Gasteiger charge is -2.25. The molecule has 2 aromatic rings. The number of esters is 1. The highest BCUT2D eigenvalue weighted by Gasteiger charge is 2.25. The molecule has 0 saturated carbocycles. The lowest BCUT2D eigenvalue weighted by molar-refractivity contribution is 0.0550. The highest BCUT2D eigenvalue weighted by molar-refractivity contribution is 7.89. The fourth-order valence-electron chi connectivity index (χ4n) is 2.97. The van der Waals surface area contributed by atoms with Gasteiger partial charge in [-0.2, -0.15) is 4.31 Å². The normalized spacial score (nSPS) is 15.7. The maximum absolute atomic E-state index is 12.6. The number of carbonyl (C=O) groups excluding carboxylic acids is 1.